The zero-order valence-electron chi connectivity index (χ0n) is 10.3. The van der Waals surface area contributed by atoms with Crippen LogP contribution in [0.4, 0.5) is 0 Å². The van der Waals surface area contributed by atoms with E-state index < -0.39 is 0 Å². The topological polar surface area (TPSA) is 0 Å². The van der Waals surface area contributed by atoms with E-state index in [0.29, 0.717) is 10.9 Å². The minimum Gasteiger partial charge on any atom is -0.0848 e. The van der Waals surface area contributed by atoms with Crippen LogP contribution in [0.1, 0.15) is 12.8 Å². The molecule has 1 aliphatic rings. The van der Waals surface area contributed by atoms with Gasteiger partial charge in [-0.1, -0.05) is 42.1 Å². The second-order valence-corrected chi connectivity index (χ2v) is 7.83. The lowest BCUT2D eigenvalue weighted by molar-refractivity contribution is 0.949. The number of rotatable bonds is 3. The molecule has 1 saturated heterocycles. The van der Waals surface area contributed by atoms with Crippen molar-refractivity contribution in [3.05, 3.63) is 54.6 Å². The van der Waals surface area contributed by atoms with Crippen molar-refractivity contribution < 1.29 is 0 Å². The van der Waals surface area contributed by atoms with Crippen molar-refractivity contribution in [2.75, 3.05) is 11.5 Å². The smallest absolute Gasteiger partial charge is 0.0848 e. The summed E-state index contributed by atoms with van der Waals surface area (Å²) >= 11 is 1.91. The third kappa shape index (κ3) is 2.76. The van der Waals surface area contributed by atoms with Crippen molar-refractivity contribution in [2.45, 2.75) is 27.5 Å². The molecule has 0 nitrogen and oxygen atoms in total. The summed E-state index contributed by atoms with van der Waals surface area (Å²) in [6, 6.07) is 19.7. The average Bonchev–Trinajstić information content (AvgIpc) is 2.94. The fraction of sp³-hybridized carbons (Fsp3) is 0.250. The minimum absolute atomic E-state index is 0.503. The van der Waals surface area contributed by atoms with E-state index in [1.54, 1.807) is 4.90 Å². The summed E-state index contributed by atoms with van der Waals surface area (Å²) in [6.07, 6.45) is 2.82. The monoisotopic (exact) mass is 273 g/mol. The van der Waals surface area contributed by atoms with Crippen LogP contribution in [-0.4, -0.2) is 11.5 Å². The van der Waals surface area contributed by atoms with E-state index in [4.69, 9.17) is 0 Å². The molecule has 0 aromatic heterocycles. The van der Waals surface area contributed by atoms with Gasteiger partial charge in [-0.2, -0.15) is 0 Å². The summed E-state index contributed by atoms with van der Waals surface area (Å²) in [5, 5.41) is 0. The van der Waals surface area contributed by atoms with E-state index in [2.05, 4.69) is 54.6 Å². The van der Waals surface area contributed by atoms with Crippen molar-refractivity contribution in [3.63, 3.8) is 0 Å². The Morgan fingerprint density at radius 1 is 0.778 bits per heavy atom. The molecule has 2 aromatic carbocycles. The van der Waals surface area contributed by atoms with Gasteiger partial charge in [0.15, 0.2) is 4.90 Å². The molecule has 92 valence electrons. The fourth-order valence-electron chi connectivity index (χ4n) is 2.26. The molecule has 1 aliphatic heterocycles. The Bertz CT molecular complexity index is 502. The van der Waals surface area contributed by atoms with Crippen molar-refractivity contribution in [3.8, 4) is 0 Å². The highest BCUT2D eigenvalue weighted by atomic mass is 32.2. The van der Waals surface area contributed by atoms with Crippen LogP contribution in [0.2, 0.25) is 0 Å². The molecule has 2 heteroatoms. The summed E-state index contributed by atoms with van der Waals surface area (Å²) in [4.78, 5) is 4.38. The quantitative estimate of drug-likeness (QED) is 0.736. The standard InChI is InChI=1S/C16H17S2/c1-2-8-14(9-3-1)17-15-10-4-5-11-16(15)18-12-6-7-13-18/h1-5,8-11H,6-7,12-13H2/q+1. The van der Waals surface area contributed by atoms with E-state index in [1.807, 2.05) is 11.8 Å². The van der Waals surface area contributed by atoms with Gasteiger partial charge in [0.1, 0.15) is 11.5 Å². The molecule has 0 unspecified atom stereocenters. The molecular weight excluding hydrogens is 256 g/mol. The van der Waals surface area contributed by atoms with Gasteiger partial charge in [0.2, 0.25) is 0 Å². The molecule has 2 aromatic rings. The molecule has 0 radical (unpaired) electrons. The van der Waals surface area contributed by atoms with Crippen LogP contribution in [-0.2, 0) is 10.9 Å². The van der Waals surface area contributed by atoms with Gasteiger partial charge < -0.3 is 0 Å². The number of hydrogen-bond acceptors (Lipinski definition) is 1. The summed E-state index contributed by atoms with van der Waals surface area (Å²) in [6.45, 7) is 0. The predicted molar refractivity (Wildman–Crippen MR) is 81.6 cm³/mol. The van der Waals surface area contributed by atoms with Crippen LogP contribution in [0, 0.1) is 0 Å². The molecule has 0 saturated carbocycles. The maximum Gasteiger partial charge on any atom is 0.168 e. The second kappa shape index (κ2) is 5.85. The lowest BCUT2D eigenvalue weighted by Gasteiger charge is -2.07. The summed E-state index contributed by atoms with van der Waals surface area (Å²) in [5.41, 5.74) is 0. The lowest BCUT2D eigenvalue weighted by atomic mass is 10.4. The summed E-state index contributed by atoms with van der Waals surface area (Å²) in [7, 11) is 0.503. The first-order valence-electron chi connectivity index (χ1n) is 6.43. The molecule has 0 N–H and O–H groups in total. The normalized spacial score (nSPS) is 16.0. The van der Waals surface area contributed by atoms with Gasteiger partial charge in [-0.15, -0.1) is 0 Å². The number of benzene rings is 2. The van der Waals surface area contributed by atoms with Crippen LogP contribution in [0.15, 0.2) is 69.3 Å². The van der Waals surface area contributed by atoms with E-state index in [9.17, 15) is 0 Å². The van der Waals surface area contributed by atoms with Gasteiger partial charge in [-0.25, -0.2) is 0 Å². The van der Waals surface area contributed by atoms with Crippen LogP contribution in [0.3, 0.4) is 0 Å². The Balaban J connectivity index is 1.87. The Morgan fingerprint density at radius 3 is 2.22 bits per heavy atom. The van der Waals surface area contributed by atoms with Gasteiger partial charge in [-0.05, 0) is 37.1 Å². The molecule has 0 amide bonds. The fourth-order valence-corrected chi connectivity index (χ4v) is 5.98. The molecule has 18 heavy (non-hydrogen) atoms. The zero-order chi connectivity index (χ0) is 12.2. The van der Waals surface area contributed by atoms with Crippen molar-refractivity contribution in [2.24, 2.45) is 0 Å². The third-order valence-corrected chi connectivity index (χ3v) is 6.92. The molecule has 1 fully saturated rings. The van der Waals surface area contributed by atoms with Crippen molar-refractivity contribution >= 4 is 22.7 Å². The van der Waals surface area contributed by atoms with Gasteiger partial charge in [0.05, 0.1) is 4.90 Å². The molecular formula is C16H17S2+. The highest BCUT2D eigenvalue weighted by Crippen LogP contribution is 2.35. The predicted octanol–water partition coefficient (Wildman–Crippen LogP) is 4.61. The van der Waals surface area contributed by atoms with Crippen LogP contribution in [0.25, 0.3) is 0 Å². The first kappa shape index (κ1) is 12.2. The second-order valence-electron chi connectivity index (χ2n) is 4.47. The van der Waals surface area contributed by atoms with Gasteiger partial charge >= 0.3 is 0 Å². The van der Waals surface area contributed by atoms with E-state index in [1.165, 1.54) is 34.1 Å². The maximum atomic E-state index is 2.33. The van der Waals surface area contributed by atoms with Crippen LogP contribution >= 0.6 is 11.8 Å². The highest BCUT2D eigenvalue weighted by Gasteiger charge is 2.29. The number of hydrogen-bond donors (Lipinski definition) is 0. The molecule has 0 aliphatic carbocycles. The molecule has 3 rings (SSSR count). The largest absolute Gasteiger partial charge is 0.168 e. The Labute approximate surface area is 116 Å². The first-order chi connectivity index (χ1) is 8.93. The minimum atomic E-state index is 0.503. The maximum absolute atomic E-state index is 2.33. The van der Waals surface area contributed by atoms with Crippen LogP contribution < -0.4 is 0 Å². The molecule has 0 bridgehead atoms. The molecule has 1 heterocycles. The summed E-state index contributed by atoms with van der Waals surface area (Å²) < 4.78 is 0. The Morgan fingerprint density at radius 2 is 1.44 bits per heavy atom. The molecule has 0 atom stereocenters. The van der Waals surface area contributed by atoms with Crippen molar-refractivity contribution in [1.82, 2.24) is 0 Å². The zero-order valence-corrected chi connectivity index (χ0v) is 12.0. The van der Waals surface area contributed by atoms with Crippen LogP contribution in [0.5, 0.6) is 0 Å². The van der Waals surface area contributed by atoms with Gasteiger partial charge in [0, 0.05) is 15.8 Å². The highest BCUT2D eigenvalue weighted by molar-refractivity contribution is 8.01. The third-order valence-electron chi connectivity index (χ3n) is 3.16. The van der Waals surface area contributed by atoms with E-state index in [-0.39, 0.29) is 0 Å². The molecule has 0 spiro atoms. The Hall–Kier alpha value is -0.860. The average molecular weight is 273 g/mol. The van der Waals surface area contributed by atoms with E-state index in [0.717, 1.165) is 0 Å². The summed E-state index contributed by atoms with van der Waals surface area (Å²) in [5.74, 6) is 2.79. The SMILES string of the molecule is c1ccc(Sc2ccccc2[S+]2CCCC2)cc1. The van der Waals surface area contributed by atoms with E-state index >= 15 is 0 Å². The van der Waals surface area contributed by atoms with Gasteiger partial charge in [-0.3, -0.25) is 0 Å². The first-order valence-corrected chi connectivity index (χ1v) is 8.81. The van der Waals surface area contributed by atoms with Crippen molar-refractivity contribution in [1.29, 1.82) is 0 Å². The Kier molecular flexibility index (Phi) is 3.96. The lowest BCUT2D eigenvalue weighted by Crippen LogP contribution is -2.04. The van der Waals surface area contributed by atoms with Gasteiger partial charge in [0.25, 0.3) is 0 Å².